The van der Waals surface area contributed by atoms with Crippen LogP contribution in [0, 0.1) is 11.8 Å². The van der Waals surface area contributed by atoms with Gasteiger partial charge in [0.2, 0.25) is 5.91 Å². The summed E-state index contributed by atoms with van der Waals surface area (Å²) in [6.07, 6.45) is 3.02. The Bertz CT molecular complexity index is 598. The molecule has 3 rings (SSSR count). The van der Waals surface area contributed by atoms with Crippen LogP contribution in [0.1, 0.15) is 12.5 Å². The largest absolute Gasteiger partial charge is 0.481 e. The average Bonchev–Trinajstić information content (AvgIpc) is 2.99. The average molecular weight is 287 g/mol. The highest BCUT2D eigenvalue weighted by atomic mass is 16.5. The molecule has 4 atom stereocenters. The third-order valence-electron chi connectivity index (χ3n) is 4.21. The predicted octanol–water partition coefficient (Wildman–Crippen LogP) is 1.35. The van der Waals surface area contributed by atoms with E-state index in [2.05, 4.69) is 5.32 Å². The Kier molecular flexibility index (Phi) is 3.29. The van der Waals surface area contributed by atoms with Gasteiger partial charge in [-0.2, -0.15) is 0 Å². The lowest BCUT2D eigenvalue weighted by Crippen LogP contribution is -2.46. The van der Waals surface area contributed by atoms with Gasteiger partial charge in [0.25, 0.3) is 0 Å². The molecule has 5 heteroatoms. The maximum atomic E-state index is 12.4. The van der Waals surface area contributed by atoms with Gasteiger partial charge in [0, 0.05) is 6.54 Å². The number of carboxylic acid groups (broad SMARTS) is 1. The number of fused-ring (bicyclic) bond motifs is 2. The number of benzene rings is 1. The summed E-state index contributed by atoms with van der Waals surface area (Å²) < 4.78 is 5.67. The Morgan fingerprint density at radius 2 is 2.05 bits per heavy atom. The Hall–Kier alpha value is -2.14. The van der Waals surface area contributed by atoms with Crippen molar-refractivity contribution >= 4 is 11.9 Å². The third-order valence-corrected chi connectivity index (χ3v) is 4.21. The molecular weight excluding hydrogens is 270 g/mol. The number of carbonyl (C=O) groups excluding carboxylic acids is 1. The van der Waals surface area contributed by atoms with E-state index in [4.69, 9.17) is 4.74 Å². The molecule has 2 aliphatic rings. The van der Waals surface area contributed by atoms with E-state index < -0.39 is 29.5 Å². The van der Waals surface area contributed by atoms with Crippen molar-refractivity contribution in [2.45, 2.75) is 25.2 Å². The first kappa shape index (κ1) is 13.8. The van der Waals surface area contributed by atoms with Crippen LogP contribution < -0.4 is 5.32 Å². The highest BCUT2D eigenvalue weighted by molar-refractivity contribution is 5.88. The molecule has 0 aromatic heterocycles. The van der Waals surface area contributed by atoms with Gasteiger partial charge < -0.3 is 15.2 Å². The topological polar surface area (TPSA) is 75.6 Å². The van der Waals surface area contributed by atoms with Gasteiger partial charge >= 0.3 is 5.97 Å². The Labute approximate surface area is 122 Å². The molecule has 1 saturated heterocycles. The van der Waals surface area contributed by atoms with Crippen molar-refractivity contribution in [1.29, 1.82) is 0 Å². The first-order valence-corrected chi connectivity index (χ1v) is 6.93. The van der Waals surface area contributed by atoms with E-state index in [1.807, 2.05) is 30.3 Å². The van der Waals surface area contributed by atoms with Crippen molar-refractivity contribution in [3.05, 3.63) is 48.0 Å². The molecule has 0 saturated carbocycles. The molecule has 2 heterocycles. The normalized spacial score (nSPS) is 33.1. The van der Waals surface area contributed by atoms with Crippen LogP contribution >= 0.6 is 0 Å². The number of amides is 1. The number of carboxylic acids is 1. The van der Waals surface area contributed by atoms with E-state index in [1.165, 1.54) is 0 Å². The Morgan fingerprint density at radius 1 is 1.33 bits per heavy atom. The van der Waals surface area contributed by atoms with E-state index in [0.717, 1.165) is 5.56 Å². The highest BCUT2D eigenvalue weighted by Gasteiger charge is 2.59. The fourth-order valence-corrected chi connectivity index (χ4v) is 3.18. The summed E-state index contributed by atoms with van der Waals surface area (Å²) >= 11 is 0. The zero-order chi connectivity index (χ0) is 15.0. The zero-order valence-electron chi connectivity index (χ0n) is 11.7. The standard InChI is InChI=1S/C16H17NO4/c1-16-8-7-11(21-16)12(15(19)20)13(16)14(18)17-9-10-5-3-2-4-6-10/h2-8,11-13H,9H2,1H3,(H,17,18)(H,19,20)/t11-,12-,13-,16+/m1/s1. The molecule has 1 aromatic carbocycles. The SMILES string of the molecule is C[C@@]12C=C[C@@H](O1)[C@@H](C(=O)O)[C@@H]2C(=O)NCc1ccccc1. The molecule has 0 unspecified atom stereocenters. The van der Waals surface area contributed by atoms with Gasteiger partial charge in [-0.15, -0.1) is 0 Å². The van der Waals surface area contributed by atoms with E-state index in [-0.39, 0.29) is 5.91 Å². The fourth-order valence-electron chi connectivity index (χ4n) is 3.18. The summed E-state index contributed by atoms with van der Waals surface area (Å²) in [6.45, 7) is 2.15. The number of hydrogen-bond donors (Lipinski definition) is 2. The molecular formula is C16H17NO4. The van der Waals surface area contributed by atoms with E-state index in [1.54, 1.807) is 19.1 Å². The molecule has 110 valence electrons. The van der Waals surface area contributed by atoms with Crippen LogP contribution in [-0.4, -0.2) is 28.7 Å². The van der Waals surface area contributed by atoms with Crippen LogP contribution in [-0.2, 0) is 20.9 Å². The predicted molar refractivity (Wildman–Crippen MR) is 75.3 cm³/mol. The Morgan fingerprint density at radius 3 is 2.71 bits per heavy atom. The van der Waals surface area contributed by atoms with Gasteiger partial charge in [-0.25, -0.2) is 0 Å². The van der Waals surface area contributed by atoms with Gasteiger partial charge in [-0.05, 0) is 12.5 Å². The van der Waals surface area contributed by atoms with Crippen LogP contribution in [0.2, 0.25) is 0 Å². The summed E-state index contributed by atoms with van der Waals surface area (Å²) in [5.74, 6) is -2.79. The number of hydrogen-bond acceptors (Lipinski definition) is 3. The van der Waals surface area contributed by atoms with Gasteiger partial charge in [0.05, 0.1) is 17.6 Å². The second-order valence-electron chi connectivity index (χ2n) is 5.67. The molecule has 1 aromatic rings. The third kappa shape index (κ3) is 2.34. The number of nitrogens with one attached hydrogen (secondary N) is 1. The lowest BCUT2D eigenvalue weighted by atomic mass is 9.75. The summed E-state index contributed by atoms with van der Waals surface area (Å²) in [6, 6.07) is 9.52. The van der Waals surface area contributed by atoms with Gasteiger partial charge in [-0.3, -0.25) is 9.59 Å². The first-order valence-electron chi connectivity index (χ1n) is 6.93. The van der Waals surface area contributed by atoms with Crippen LogP contribution in [0.4, 0.5) is 0 Å². The van der Waals surface area contributed by atoms with Crippen LogP contribution in [0.25, 0.3) is 0 Å². The number of rotatable bonds is 4. The molecule has 2 N–H and O–H groups in total. The van der Waals surface area contributed by atoms with Crippen molar-refractivity contribution in [3.63, 3.8) is 0 Å². The maximum absolute atomic E-state index is 12.4. The lowest BCUT2D eigenvalue weighted by molar-refractivity contribution is -0.147. The van der Waals surface area contributed by atoms with E-state index in [9.17, 15) is 14.7 Å². The van der Waals surface area contributed by atoms with Crippen molar-refractivity contribution in [2.75, 3.05) is 0 Å². The number of aliphatic carboxylic acids is 1. The zero-order valence-corrected chi connectivity index (χ0v) is 11.7. The van der Waals surface area contributed by atoms with E-state index >= 15 is 0 Å². The lowest BCUT2D eigenvalue weighted by Gasteiger charge is -2.27. The van der Waals surface area contributed by atoms with Gasteiger partial charge in [0.1, 0.15) is 5.92 Å². The molecule has 0 spiro atoms. The summed E-state index contributed by atoms with van der Waals surface area (Å²) in [5.41, 5.74) is 0.150. The van der Waals surface area contributed by atoms with Crippen LogP contribution in [0.3, 0.4) is 0 Å². The van der Waals surface area contributed by atoms with Gasteiger partial charge in [0.15, 0.2) is 0 Å². The highest BCUT2D eigenvalue weighted by Crippen LogP contribution is 2.47. The monoisotopic (exact) mass is 287 g/mol. The maximum Gasteiger partial charge on any atom is 0.310 e. The fraction of sp³-hybridized carbons (Fsp3) is 0.375. The molecule has 0 aliphatic carbocycles. The van der Waals surface area contributed by atoms with Crippen LogP contribution in [0.5, 0.6) is 0 Å². The van der Waals surface area contributed by atoms with Crippen molar-refractivity contribution in [3.8, 4) is 0 Å². The second-order valence-corrected chi connectivity index (χ2v) is 5.67. The smallest absolute Gasteiger partial charge is 0.310 e. The molecule has 1 amide bonds. The molecule has 0 radical (unpaired) electrons. The molecule has 2 aliphatic heterocycles. The summed E-state index contributed by atoms with van der Waals surface area (Å²) in [5, 5.41) is 12.2. The minimum absolute atomic E-state index is 0.277. The second kappa shape index (κ2) is 5.00. The number of carbonyl (C=O) groups is 2. The minimum atomic E-state index is -0.993. The van der Waals surface area contributed by atoms with Crippen molar-refractivity contribution in [2.24, 2.45) is 11.8 Å². The number of ether oxygens (including phenoxy) is 1. The van der Waals surface area contributed by atoms with E-state index in [0.29, 0.717) is 6.54 Å². The first-order chi connectivity index (χ1) is 10.0. The molecule has 2 bridgehead atoms. The van der Waals surface area contributed by atoms with Gasteiger partial charge in [-0.1, -0.05) is 42.5 Å². The molecule has 21 heavy (non-hydrogen) atoms. The van der Waals surface area contributed by atoms with Crippen molar-refractivity contribution in [1.82, 2.24) is 5.32 Å². The van der Waals surface area contributed by atoms with Crippen LogP contribution in [0.15, 0.2) is 42.5 Å². The summed E-state index contributed by atoms with van der Waals surface area (Å²) in [7, 11) is 0. The molecule has 5 nitrogen and oxygen atoms in total. The minimum Gasteiger partial charge on any atom is -0.481 e. The quantitative estimate of drug-likeness (QED) is 0.820. The molecule has 1 fully saturated rings. The summed E-state index contributed by atoms with van der Waals surface area (Å²) in [4.78, 5) is 23.9. The van der Waals surface area contributed by atoms with Crippen molar-refractivity contribution < 1.29 is 19.4 Å². The Balaban J connectivity index is 1.74.